The van der Waals surface area contributed by atoms with Crippen molar-refractivity contribution in [1.29, 1.82) is 0 Å². The Morgan fingerprint density at radius 2 is 1.38 bits per heavy atom. The van der Waals surface area contributed by atoms with Crippen LogP contribution in [-0.4, -0.2) is 17.5 Å². The Morgan fingerprint density at radius 3 is 2.10 bits per heavy atom. The molecule has 0 unspecified atom stereocenters. The number of hydrazone groups is 1. The number of amides is 2. The molecule has 7 rings (SSSR count). The fourth-order valence-electron chi connectivity index (χ4n) is 6.11. The normalized spacial score (nSPS) is 19.2. The number of halogens is 2. The third kappa shape index (κ3) is 4.07. The minimum atomic E-state index is -1.37. The van der Waals surface area contributed by atoms with E-state index < -0.39 is 11.5 Å². The van der Waals surface area contributed by atoms with Gasteiger partial charge in [0.2, 0.25) is 0 Å². The van der Waals surface area contributed by atoms with Gasteiger partial charge < -0.3 is 0 Å². The van der Waals surface area contributed by atoms with E-state index in [0.29, 0.717) is 11.3 Å². The molecule has 204 valence electrons. The van der Waals surface area contributed by atoms with E-state index >= 15 is 4.79 Å². The highest BCUT2D eigenvalue weighted by Gasteiger charge is 2.65. The number of nitrogens with zero attached hydrogens (tertiary/aromatic N) is 3. The molecule has 0 saturated heterocycles. The van der Waals surface area contributed by atoms with Crippen LogP contribution < -0.4 is 9.91 Å². The first kappa shape index (κ1) is 26.6. The highest BCUT2D eigenvalue weighted by molar-refractivity contribution is 9.10. The van der Waals surface area contributed by atoms with Gasteiger partial charge in [-0.05, 0) is 65.7 Å². The molecule has 2 atom stereocenters. The lowest BCUT2D eigenvalue weighted by atomic mass is 9.72. The first-order valence-corrected chi connectivity index (χ1v) is 15.1. The minimum Gasteiger partial charge on any atom is -0.271 e. The third-order valence-corrected chi connectivity index (χ3v) is 8.89. The van der Waals surface area contributed by atoms with Crippen LogP contribution in [-0.2, 0) is 10.3 Å². The smallest absolute Gasteiger partial charge is 0.267 e. The van der Waals surface area contributed by atoms with Gasteiger partial charge in [0.25, 0.3) is 11.8 Å². The summed E-state index contributed by atoms with van der Waals surface area (Å²) >= 11 is 7.17. The van der Waals surface area contributed by atoms with Crippen molar-refractivity contribution in [2.24, 2.45) is 5.10 Å². The molecule has 0 N–H and O–H groups in total. The van der Waals surface area contributed by atoms with Crippen molar-refractivity contribution >= 4 is 60.8 Å². The molecule has 7 heteroatoms. The van der Waals surface area contributed by atoms with E-state index in [1.54, 1.807) is 24.3 Å². The van der Waals surface area contributed by atoms with E-state index in [0.717, 1.165) is 37.0 Å². The largest absolute Gasteiger partial charge is 0.271 e. The van der Waals surface area contributed by atoms with E-state index in [1.807, 2.05) is 114 Å². The number of imide groups is 1. The summed E-state index contributed by atoms with van der Waals surface area (Å²) in [5.41, 5.74) is 3.64. The number of hydrogen-bond donors (Lipinski definition) is 0. The molecule has 1 spiro atoms. The highest BCUT2D eigenvalue weighted by atomic mass is 79.9. The zero-order valence-electron chi connectivity index (χ0n) is 22.2. The Hall–Kier alpha value is -4.33. The first-order chi connectivity index (χ1) is 20.5. The van der Waals surface area contributed by atoms with E-state index in [-0.39, 0.29) is 11.8 Å². The molecule has 0 aromatic heterocycles. The summed E-state index contributed by atoms with van der Waals surface area (Å²) in [6, 6.07) is 42.2. The standard InChI is InChI=1S/C35H23Br2N3O2/c36-26-18-20-28(21-19-26)40-35(31(23-10-3-1-4-11-23)32(38-40)25-14-9-15-27(37)22-25)29-16-7-8-17-30(29)39(34(35)42)33(41)24-12-5-2-6-13-24/h1-22,31H/t31-,35-/m1/s1. The molecule has 2 heterocycles. The predicted octanol–water partition coefficient (Wildman–Crippen LogP) is 8.30. The van der Waals surface area contributed by atoms with Crippen LogP contribution in [0.25, 0.3) is 0 Å². The molecule has 2 aliphatic rings. The maximum atomic E-state index is 15.3. The molecule has 0 bridgehead atoms. The zero-order chi connectivity index (χ0) is 28.8. The van der Waals surface area contributed by atoms with Gasteiger partial charge in [0.1, 0.15) is 0 Å². The van der Waals surface area contributed by atoms with Gasteiger partial charge in [-0.3, -0.25) is 9.59 Å². The highest BCUT2D eigenvalue weighted by Crippen LogP contribution is 2.57. The van der Waals surface area contributed by atoms with Gasteiger partial charge in [-0.15, -0.1) is 0 Å². The second-order valence-corrected chi connectivity index (χ2v) is 12.1. The van der Waals surface area contributed by atoms with E-state index in [9.17, 15) is 4.79 Å². The second kappa shape index (κ2) is 10.5. The topological polar surface area (TPSA) is 53.0 Å². The number of rotatable bonds is 4. The van der Waals surface area contributed by atoms with Crippen molar-refractivity contribution in [3.05, 3.63) is 165 Å². The lowest BCUT2D eigenvalue weighted by Gasteiger charge is -2.38. The Labute approximate surface area is 260 Å². The van der Waals surface area contributed by atoms with E-state index in [2.05, 4.69) is 31.9 Å². The second-order valence-electron chi connectivity index (χ2n) is 10.2. The average Bonchev–Trinajstić information content (AvgIpc) is 3.51. The van der Waals surface area contributed by atoms with Gasteiger partial charge in [0, 0.05) is 20.1 Å². The Kier molecular flexibility index (Phi) is 6.64. The lowest BCUT2D eigenvalue weighted by molar-refractivity contribution is -0.122. The van der Waals surface area contributed by atoms with Crippen molar-refractivity contribution in [3.63, 3.8) is 0 Å². The zero-order valence-corrected chi connectivity index (χ0v) is 25.4. The third-order valence-electron chi connectivity index (χ3n) is 7.87. The molecular weight excluding hydrogens is 654 g/mol. The number of carbonyl (C=O) groups excluding carboxylic acids is 2. The molecule has 5 aromatic rings. The van der Waals surface area contributed by atoms with Crippen LogP contribution in [0.3, 0.4) is 0 Å². The van der Waals surface area contributed by atoms with Crippen LogP contribution in [0.4, 0.5) is 11.4 Å². The summed E-state index contributed by atoms with van der Waals surface area (Å²) < 4.78 is 1.82. The summed E-state index contributed by atoms with van der Waals surface area (Å²) in [6.07, 6.45) is 0. The summed E-state index contributed by atoms with van der Waals surface area (Å²) in [4.78, 5) is 30.7. The quantitative estimate of drug-likeness (QED) is 0.180. The number of fused-ring (bicyclic) bond motifs is 2. The van der Waals surface area contributed by atoms with Crippen LogP contribution in [0.1, 0.15) is 33.0 Å². The van der Waals surface area contributed by atoms with Crippen LogP contribution in [0, 0.1) is 0 Å². The summed E-state index contributed by atoms with van der Waals surface area (Å²) in [7, 11) is 0. The number of para-hydroxylation sites is 1. The maximum absolute atomic E-state index is 15.3. The molecule has 0 radical (unpaired) electrons. The van der Waals surface area contributed by atoms with Crippen molar-refractivity contribution in [2.75, 3.05) is 9.91 Å². The van der Waals surface area contributed by atoms with E-state index in [4.69, 9.17) is 5.10 Å². The number of carbonyl (C=O) groups is 2. The summed E-state index contributed by atoms with van der Waals surface area (Å²) in [5, 5.41) is 7.09. The van der Waals surface area contributed by atoms with Crippen LogP contribution in [0.15, 0.2) is 148 Å². The summed E-state index contributed by atoms with van der Waals surface area (Å²) in [6.45, 7) is 0. The monoisotopic (exact) mass is 675 g/mol. The van der Waals surface area contributed by atoms with Crippen molar-refractivity contribution in [1.82, 2.24) is 0 Å². The molecule has 0 saturated carbocycles. The average molecular weight is 677 g/mol. The fourth-order valence-corrected chi connectivity index (χ4v) is 6.77. The molecule has 42 heavy (non-hydrogen) atoms. The van der Waals surface area contributed by atoms with Gasteiger partial charge in [0.05, 0.1) is 23.0 Å². The van der Waals surface area contributed by atoms with Gasteiger partial charge in [-0.1, -0.05) is 111 Å². The van der Waals surface area contributed by atoms with Gasteiger partial charge in [-0.25, -0.2) is 9.91 Å². The maximum Gasteiger partial charge on any atom is 0.267 e. The van der Waals surface area contributed by atoms with E-state index in [1.165, 1.54) is 4.90 Å². The van der Waals surface area contributed by atoms with Crippen LogP contribution in [0.2, 0.25) is 0 Å². The summed E-state index contributed by atoms with van der Waals surface area (Å²) in [5.74, 6) is -1.25. The molecule has 2 aliphatic heterocycles. The fraction of sp³-hybridized carbons (Fsp3) is 0.0571. The van der Waals surface area contributed by atoms with Crippen molar-refractivity contribution in [3.8, 4) is 0 Å². The predicted molar refractivity (Wildman–Crippen MR) is 173 cm³/mol. The molecular formula is C35H23Br2N3O2. The molecule has 0 fully saturated rings. The SMILES string of the molecule is O=C(c1ccccc1)N1C(=O)[C@@]2(c3ccccc31)[C@H](c1ccccc1)C(c1cccc(Br)c1)=NN2c1ccc(Br)cc1. The number of benzene rings is 5. The molecule has 5 nitrogen and oxygen atoms in total. The molecule has 5 aromatic carbocycles. The number of anilines is 2. The van der Waals surface area contributed by atoms with Gasteiger partial charge in [-0.2, -0.15) is 5.10 Å². The Bertz CT molecular complexity index is 1860. The first-order valence-electron chi connectivity index (χ1n) is 13.5. The van der Waals surface area contributed by atoms with Crippen molar-refractivity contribution in [2.45, 2.75) is 11.5 Å². The molecule has 0 aliphatic carbocycles. The minimum absolute atomic E-state index is 0.344. The van der Waals surface area contributed by atoms with Crippen molar-refractivity contribution < 1.29 is 9.59 Å². The van der Waals surface area contributed by atoms with Gasteiger partial charge in [0.15, 0.2) is 5.54 Å². The molecule has 2 amide bonds. The van der Waals surface area contributed by atoms with Gasteiger partial charge >= 0.3 is 0 Å². The Balaban J connectivity index is 1.54. The number of hydrogen-bond acceptors (Lipinski definition) is 4. The van der Waals surface area contributed by atoms with Crippen LogP contribution in [0.5, 0.6) is 0 Å². The van der Waals surface area contributed by atoms with Crippen LogP contribution >= 0.6 is 31.9 Å². The lowest BCUT2D eigenvalue weighted by Crippen LogP contribution is -2.54. The Morgan fingerprint density at radius 1 is 0.714 bits per heavy atom.